The molecular formula is C28H36F2N4O3Si. The normalized spacial score (nSPS) is 15.9. The number of halogens is 2. The maximum Gasteiger partial charge on any atom is 0.251 e. The van der Waals surface area contributed by atoms with Gasteiger partial charge in [-0.05, 0) is 49.2 Å². The highest BCUT2D eigenvalue weighted by atomic mass is 28.4. The number of anilines is 1. The molecule has 0 amide bonds. The van der Waals surface area contributed by atoms with Gasteiger partial charge in [0.2, 0.25) is 5.95 Å². The smallest absolute Gasteiger partial charge is 0.251 e. The number of aromatic nitrogens is 3. The van der Waals surface area contributed by atoms with Crippen LogP contribution in [0.3, 0.4) is 0 Å². The minimum absolute atomic E-state index is 0.0479. The lowest BCUT2D eigenvalue weighted by Crippen LogP contribution is -2.43. The first-order chi connectivity index (χ1) is 17.9. The molecule has 1 N–H and O–H groups in total. The molecule has 0 aliphatic carbocycles. The van der Waals surface area contributed by atoms with Gasteiger partial charge < -0.3 is 19.0 Å². The van der Waals surface area contributed by atoms with E-state index in [1.807, 2.05) is 13.1 Å². The maximum absolute atomic E-state index is 14.9. The van der Waals surface area contributed by atoms with Gasteiger partial charge in [-0.25, -0.2) is 18.7 Å². The summed E-state index contributed by atoms with van der Waals surface area (Å²) in [5.41, 5.74) is 1.07. The van der Waals surface area contributed by atoms with Gasteiger partial charge in [-0.1, -0.05) is 32.9 Å². The van der Waals surface area contributed by atoms with E-state index >= 15 is 0 Å². The van der Waals surface area contributed by atoms with Gasteiger partial charge in [-0.2, -0.15) is 0 Å². The van der Waals surface area contributed by atoms with Gasteiger partial charge in [0.05, 0.1) is 18.3 Å². The van der Waals surface area contributed by atoms with E-state index in [4.69, 9.17) is 9.16 Å². The van der Waals surface area contributed by atoms with Crippen molar-refractivity contribution < 1.29 is 17.9 Å². The van der Waals surface area contributed by atoms with Crippen molar-refractivity contribution in [2.45, 2.75) is 70.4 Å². The van der Waals surface area contributed by atoms with E-state index in [0.717, 1.165) is 18.9 Å². The van der Waals surface area contributed by atoms with E-state index in [9.17, 15) is 13.6 Å². The van der Waals surface area contributed by atoms with Crippen LogP contribution in [0.2, 0.25) is 18.1 Å². The molecule has 0 bridgehead atoms. The predicted octanol–water partition coefficient (Wildman–Crippen LogP) is 5.94. The van der Waals surface area contributed by atoms with E-state index in [-0.39, 0.29) is 28.7 Å². The Kier molecular flexibility index (Phi) is 8.44. The van der Waals surface area contributed by atoms with Gasteiger partial charge >= 0.3 is 0 Å². The Morgan fingerprint density at radius 3 is 2.61 bits per heavy atom. The molecule has 0 saturated carbocycles. The molecule has 4 rings (SSSR count). The van der Waals surface area contributed by atoms with E-state index < -0.39 is 26.1 Å². The molecule has 3 aromatic rings. The molecule has 3 heterocycles. The number of pyridine rings is 1. The summed E-state index contributed by atoms with van der Waals surface area (Å²) in [6.07, 6.45) is 4.24. The summed E-state index contributed by atoms with van der Waals surface area (Å²) in [6, 6.07) is 9.33. The molecule has 1 aliphatic rings. The number of hydrogen-bond donors (Lipinski definition) is 1. The third-order valence-electron chi connectivity index (χ3n) is 7.44. The lowest BCUT2D eigenvalue weighted by Gasteiger charge is -2.39. The molecule has 0 unspecified atom stereocenters. The van der Waals surface area contributed by atoms with Crippen molar-refractivity contribution in [2.75, 3.05) is 18.5 Å². The number of nitrogens with zero attached hydrogens (tertiary/aromatic N) is 3. The number of rotatable bonds is 8. The standard InChI is InChI=1S/C28H36F2N4O3Si/c1-28(2,3)38(4,5)37-24(21-7-6-8-22(29)26(21)30)18-34-14-10-19(17-25(34)35)23-9-13-31-27(33-23)32-20-11-15-36-16-12-20/h6-10,13-14,17,20,24H,11-12,15-16,18H2,1-5H3,(H,31,32,33)/t24-/m1/s1. The van der Waals surface area contributed by atoms with E-state index in [0.29, 0.717) is 30.4 Å². The Labute approximate surface area is 223 Å². The lowest BCUT2D eigenvalue weighted by molar-refractivity contribution is 0.0903. The third-order valence-corrected chi connectivity index (χ3v) is 11.9. The van der Waals surface area contributed by atoms with Crippen LogP contribution in [0.25, 0.3) is 11.3 Å². The summed E-state index contributed by atoms with van der Waals surface area (Å²) >= 11 is 0. The third kappa shape index (κ3) is 6.54. The van der Waals surface area contributed by atoms with Crippen molar-refractivity contribution in [3.8, 4) is 11.3 Å². The van der Waals surface area contributed by atoms with Crippen LogP contribution < -0.4 is 10.9 Å². The van der Waals surface area contributed by atoms with Gasteiger partial charge in [0.1, 0.15) is 0 Å². The van der Waals surface area contributed by atoms with Gasteiger partial charge in [0.15, 0.2) is 20.0 Å². The molecule has 1 aliphatic heterocycles. The molecule has 10 heteroatoms. The van der Waals surface area contributed by atoms with E-state index in [1.165, 1.54) is 22.8 Å². The molecule has 7 nitrogen and oxygen atoms in total. The first-order valence-corrected chi connectivity index (χ1v) is 15.9. The van der Waals surface area contributed by atoms with Gasteiger partial charge in [0.25, 0.3) is 5.56 Å². The van der Waals surface area contributed by atoms with Crippen LogP contribution in [-0.4, -0.2) is 42.1 Å². The summed E-state index contributed by atoms with van der Waals surface area (Å²) in [7, 11) is -2.39. The molecule has 2 aromatic heterocycles. The molecule has 1 aromatic carbocycles. The zero-order valence-corrected chi connectivity index (χ0v) is 23.6. The number of hydrogen-bond acceptors (Lipinski definition) is 6. The Hall–Kier alpha value is -2.95. The van der Waals surface area contributed by atoms with Crippen molar-refractivity contribution in [3.05, 3.63) is 76.3 Å². The van der Waals surface area contributed by atoms with Crippen LogP contribution in [-0.2, 0) is 15.7 Å². The summed E-state index contributed by atoms with van der Waals surface area (Å²) in [5, 5.41) is 3.18. The fraction of sp³-hybridized carbons (Fsp3) is 0.464. The maximum atomic E-state index is 14.9. The van der Waals surface area contributed by atoms with Crippen LogP contribution in [0.1, 0.15) is 45.3 Å². The largest absolute Gasteiger partial charge is 0.408 e. The van der Waals surface area contributed by atoms with Crippen LogP contribution in [0.5, 0.6) is 0 Å². The topological polar surface area (TPSA) is 78.3 Å². The van der Waals surface area contributed by atoms with Crippen molar-refractivity contribution in [3.63, 3.8) is 0 Å². The molecule has 204 valence electrons. The average Bonchev–Trinajstić information content (AvgIpc) is 2.86. The summed E-state index contributed by atoms with van der Waals surface area (Å²) in [4.78, 5) is 22.1. The monoisotopic (exact) mass is 542 g/mol. The second-order valence-electron chi connectivity index (χ2n) is 11.2. The minimum atomic E-state index is -2.39. The molecule has 0 radical (unpaired) electrons. The molecule has 1 atom stereocenters. The second kappa shape index (κ2) is 11.4. The van der Waals surface area contributed by atoms with Crippen molar-refractivity contribution in [1.29, 1.82) is 0 Å². The SMILES string of the molecule is CC(C)(C)[Si](C)(C)O[C@H](Cn1ccc(-c2ccnc(NC3CCOCC3)n2)cc1=O)c1cccc(F)c1F. The van der Waals surface area contributed by atoms with Crippen LogP contribution >= 0.6 is 0 Å². The Morgan fingerprint density at radius 1 is 1.18 bits per heavy atom. The van der Waals surface area contributed by atoms with Crippen molar-refractivity contribution >= 4 is 14.3 Å². The highest BCUT2D eigenvalue weighted by Crippen LogP contribution is 2.40. The van der Waals surface area contributed by atoms with Gasteiger partial charge in [-0.3, -0.25) is 4.79 Å². The number of nitrogens with one attached hydrogen (secondary N) is 1. The zero-order chi connectivity index (χ0) is 27.5. The molecule has 1 saturated heterocycles. The summed E-state index contributed by atoms with van der Waals surface area (Å²) in [5.74, 6) is -1.39. The van der Waals surface area contributed by atoms with Crippen LogP contribution in [0.15, 0.2) is 53.6 Å². The van der Waals surface area contributed by atoms with Crippen LogP contribution in [0, 0.1) is 11.6 Å². The van der Waals surface area contributed by atoms with Crippen molar-refractivity contribution in [1.82, 2.24) is 14.5 Å². The first-order valence-electron chi connectivity index (χ1n) is 12.9. The number of benzene rings is 1. The quantitative estimate of drug-likeness (QED) is 0.355. The van der Waals surface area contributed by atoms with E-state index in [1.54, 1.807) is 24.5 Å². The number of ether oxygens (including phenoxy) is 1. The summed E-state index contributed by atoms with van der Waals surface area (Å²) in [6.45, 7) is 11.8. The molecular weight excluding hydrogens is 506 g/mol. The first kappa shape index (κ1) is 28.1. The highest BCUT2D eigenvalue weighted by Gasteiger charge is 2.40. The predicted molar refractivity (Wildman–Crippen MR) is 147 cm³/mol. The van der Waals surface area contributed by atoms with Gasteiger partial charge in [-0.15, -0.1) is 0 Å². The highest BCUT2D eigenvalue weighted by molar-refractivity contribution is 6.74. The fourth-order valence-corrected chi connectivity index (χ4v) is 5.38. The average molecular weight is 543 g/mol. The lowest BCUT2D eigenvalue weighted by atomic mass is 10.1. The Morgan fingerprint density at radius 2 is 1.92 bits per heavy atom. The second-order valence-corrected chi connectivity index (χ2v) is 16.0. The summed E-state index contributed by atoms with van der Waals surface area (Å²) < 4.78 is 42.4. The molecule has 0 spiro atoms. The Bertz CT molecular complexity index is 1320. The van der Waals surface area contributed by atoms with Crippen molar-refractivity contribution in [2.24, 2.45) is 0 Å². The van der Waals surface area contributed by atoms with E-state index in [2.05, 4.69) is 36.1 Å². The fourth-order valence-electron chi connectivity index (χ4n) is 4.11. The molecule has 38 heavy (non-hydrogen) atoms. The minimum Gasteiger partial charge on any atom is -0.408 e. The Balaban J connectivity index is 1.60. The molecule has 1 fully saturated rings. The zero-order valence-electron chi connectivity index (χ0n) is 22.6. The van der Waals surface area contributed by atoms with Gasteiger partial charge in [0, 0.05) is 48.8 Å². The van der Waals surface area contributed by atoms with Crippen LogP contribution in [0.4, 0.5) is 14.7 Å².